The Morgan fingerprint density at radius 3 is 2.80 bits per heavy atom. The van der Waals surface area contributed by atoms with Gasteiger partial charge in [0.1, 0.15) is 5.82 Å². The Bertz CT molecular complexity index is 1130. The molecule has 1 saturated heterocycles. The standard InChI is InChI=1S/C23H25N5OS/c1-17-4-6-18(7-5-17)13-25-22-20(3-2-8-24-22)21-15-28-19(16-30-23(28)26-21)14-27-9-11-29-12-10-27/h2-8,15-16H,9-14H2,1H3,(H,24,25). The fourth-order valence-electron chi connectivity index (χ4n) is 3.71. The number of nitrogens with zero attached hydrogens (tertiary/aromatic N) is 4. The summed E-state index contributed by atoms with van der Waals surface area (Å²) < 4.78 is 7.68. The first-order valence-electron chi connectivity index (χ1n) is 10.3. The zero-order valence-electron chi connectivity index (χ0n) is 17.0. The molecule has 0 atom stereocenters. The van der Waals surface area contributed by atoms with Crippen LogP contribution < -0.4 is 5.32 Å². The molecule has 0 radical (unpaired) electrons. The molecule has 4 heterocycles. The van der Waals surface area contributed by atoms with E-state index in [4.69, 9.17) is 9.72 Å². The fourth-order valence-corrected chi connectivity index (χ4v) is 4.57. The quantitative estimate of drug-likeness (QED) is 0.507. The molecule has 4 aromatic rings. The Hall–Kier alpha value is -2.74. The minimum absolute atomic E-state index is 0.731. The Kier molecular flexibility index (Phi) is 5.48. The molecule has 30 heavy (non-hydrogen) atoms. The number of ether oxygens (including phenoxy) is 1. The third-order valence-corrected chi connectivity index (χ3v) is 6.33. The van der Waals surface area contributed by atoms with Crippen LogP contribution in [0.25, 0.3) is 16.2 Å². The molecule has 1 aliphatic heterocycles. The van der Waals surface area contributed by atoms with Crippen LogP contribution in [0, 0.1) is 6.92 Å². The minimum atomic E-state index is 0.731. The first-order chi connectivity index (χ1) is 14.8. The molecular formula is C23H25N5OS. The second-order valence-electron chi connectivity index (χ2n) is 7.63. The van der Waals surface area contributed by atoms with Gasteiger partial charge in [0, 0.05) is 55.2 Å². The van der Waals surface area contributed by atoms with Gasteiger partial charge in [0.05, 0.1) is 18.9 Å². The number of anilines is 1. The summed E-state index contributed by atoms with van der Waals surface area (Å²) >= 11 is 1.69. The van der Waals surface area contributed by atoms with Crippen molar-refractivity contribution in [1.29, 1.82) is 0 Å². The van der Waals surface area contributed by atoms with Gasteiger partial charge in [-0.1, -0.05) is 29.8 Å². The molecule has 0 saturated carbocycles. The number of pyridine rings is 1. The van der Waals surface area contributed by atoms with Crippen molar-refractivity contribution in [2.45, 2.75) is 20.0 Å². The zero-order valence-corrected chi connectivity index (χ0v) is 17.9. The summed E-state index contributed by atoms with van der Waals surface area (Å²) in [5.41, 5.74) is 5.75. The van der Waals surface area contributed by atoms with Gasteiger partial charge < -0.3 is 10.1 Å². The molecule has 0 aliphatic carbocycles. The molecule has 1 N–H and O–H groups in total. The van der Waals surface area contributed by atoms with E-state index in [1.54, 1.807) is 11.3 Å². The van der Waals surface area contributed by atoms with Crippen molar-refractivity contribution < 1.29 is 4.74 Å². The van der Waals surface area contributed by atoms with Gasteiger partial charge in [-0.3, -0.25) is 9.30 Å². The Morgan fingerprint density at radius 2 is 1.97 bits per heavy atom. The molecular weight excluding hydrogens is 394 g/mol. The molecule has 154 valence electrons. The second kappa shape index (κ2) is 8.55. The maximum absolute atomic E-state index is 5.47. The van der Waals surface area contributed by atoms with E-state index >= 15 is 0 Å². The lowest BCUT2D eigenvalue weighted by molar-refractivity contribution is 0.0336. The van der Waals surface area contributed by atoms with Crippen molar-refractivity contribution in [3.05, 3.63) is 71.0 Å². The highest BCUT2D eigenvalue weighted by atomic mass is 32.1. The third-order valence-electron chi connectivity index (χ3n) is 5.44. The SMILES string of the molecule is Cc1ccc(CNc2ncccc2-c2cn3c(CN4CCOCC4)csc3n2)cc1. The summed E-state index contributed by atoms with van der Waals surface area (Å²) in [6.07, 6.45) is 3.96. The summed E-state index contributed by atoms with van der Waals surface area (Å²) in [6.45, 7) is 7.34. The van der Waals surface area contributed by atoms with Crippen LogP contribution in [-0.4, -0.2) is 45.6 Å². The molecule has 1 aliphatic rings. The number of morpholine rings is 1. The monoisotopic (exact) mass is 419 g/mol. The largest absolute Gasteiger partial charge is 0.379 e. The van der Waals surface area contributed by atoms with Gasteiger partial charge in [-0.25, -0.2) is 9.97 Å². The lowest BCUT2D eigenvalue weighted by Crippen LogP contribution is -2.35. The summed E-state index contributed by atoms with van der Waals surface area (Å²) in [5, 5.41) is 5.69. The van der Waals surface area contributed by atoms with Gasteiger partial charge in [-0.2, -0.15) is 0 Å². The van der Waals surface area contributed by atoms with Gasteiger partial charge in [0.2, 0.25) is 0 Å². The minimum Gasteiger partial charge on any atom is -0.379 e. The van der Waals surface area contributed by atoms with Crippen LogP contribution in [0.2, 0.25) is 0 Å². The highest BCUT2D eigenvalue weighted by Crippen LogP contribution is 2.28. The van der Waals surface area contributed by atoms with Gasteiger partial charge in [0.25, 0.3) is 0 Å². The number of nitrogens with one attached hydrogen (secondary N) is 1. The molecule has 1 aromatic carbocycles. The molecule has 0 bridgehead atoms. The third kappa shape index (κ3) is 4.09. The van der Waals surface area contributed by atoms with Crippen molar-refractivity contribution in [2.75, 3.05) is 31.6 Å². The van der Waals surface area contributed by atoms with E-state index in [9.17, 15) is 0 Å². The van der Waals surface area contributed by atoms with Crippen LogP contribution >= 0.6 is 11.3 Å². The summed E-state index contributed by atoms with van der Waals surface area (Å²) in [4.78, 5) is 12.9. The number of aryl methyl sites for hydroxylation is 1. The highest BCUT2D eigenvalue weighted by molar-refractivity contribution is 7.15. The molecule has 0 spiro atoms. The van der Waals surface area contributed by atoms with Crippen LogP contribution in [-0.2, 0) is 17.8 Å². The van der Waals surface area contributed by atoms with Crippen LogP contribution in [0.5, 0.6) is 0 Å². The summed E-state index contributed by atoms with van der Waals surface area (Å²) in [6, 6.07) is 12.6. The summed E-state index contributed by atoms with van der Waals surface area (Å²) in [7, 11) is 0. The topological polar surface area (TPSA) is 54.7 Å². The lowest BCUT2D eigenvalue weighted by atomic mass is 10.1. The number of rotatable bonds is 6. The molecule has 3 aromatic heterocycles. The molecule has 7 heteroatoms. The average Bonchev–Trinajstić information content (AvgIpc) is 3.36. The van der Waals surface area contributed by atoms with E-state index in [-0.39, 0.29) is 0 Å². The predicted molar refractivity (Wildman–Crippen MR) is 121 cm³/mol. The number of hydrogen-bond donors (Lipinski definition) is 1. The number of fused-ring (bicyclic) bond motifs is 1. The molecule has 5 rings (SSSR count). The normalized spacial score (nSPS) is 15.0. The van der Waals surface area contributed by atoms with E-state index < -0.39 is 0 Å². The highest BCUT2D eigenvalue weighted by Gasteiger charge is 2.16. The molecule has 0 amide bonds. The van der Waals surface area contributed by atoms with Crippen molar-refractivity contribution in [3.63, 3.8) is 0 Å². The Balaban J connectivity index is 1.38. The van der Waals surface area contributed by atoms with Crippen molar-refractivity contribution >= 4 is 22.1 Å². The zero-order chi connectivity index (χ0) is 20.3. The second-order valence-corrected chi connectivity index (χ2v) is 8.47. The van der Waals surface area contributed by atoms with Crippen LogP contribution in [0.3, 0.4) is 0 Å². The van der Waals surface area contributed by atoms with Crippen molar-refractivity contribution in [3.8, 4) is 11.3 Å². The lowest BCUT2D eigenvalue weighted by Gasteiger charge is -2.26. The Labute approximate surface area is 180 Å². The number of imidazole rings is 1. The maximum atomic E-state index is 5.47. The van der Waals surface area contributed by atoms with Crippen molar-refractivity contribution in [1.82, 2.24) is 19.3 Å². The number of thiazole rings is 1. The molecule has 6 nitrogen and oxygen atoms in total. The predicted octanol–water partition coefficient (Wildman–Crippen LogP) is 4.21. The Morgan fingerprint density at radius 1 is 1.13 bits per heavy atom. The van der Waals surface area contributed by atoms with Gasteiger partial charge in [0.15, 0.2) is 4.96 Å². The van der Waals surface area contributed by atoms with E-state index in [0.29, 0.717) is 0 Å². The van der Waals surface area contributed by atoms with Gasteiger partial charge >= 0.3 is 0 Å². The van der Waals surface area contributed by atoms with Crippen LogP contribution in [0.4, 0.5) is 5.82 Å². The number of aromatic nitrogens is 3. The first-order valence-corrected chi connectivity index (χ1v) is 11.1. The summed E-state index contributed by atoms with van der Waals surface area (Å²) in [5.74, 6) is 0.860. The van der Waals surface area contributed by atoms with Gasteiger partial charge in [-0.15, -0.1) is 11.3 Å². The fraction of sp³-hybridized carbons (Fsp3) is 0.304. The van der Waals surface area contributed by atoms with Gasteiger partial charge in [-0.05, 0) is 24.6 Å². The van der Waals surface area contributed by atoms with Crippen molar-refractivity contribution in [2.24, 2.45) is 0 Å². The van der Waals surface area contributed by atoms with E-state index in [0.717, 1.165) is 61.4 Å². The molecule has 0 unspecified atom stereocenters. The van der Waals surface area contributed by atoms with E-state index in [2.05, 4.69) is 68.4 Å². The number of benzene rings is 1. The van der Waals surface area contributed by atoms with E-state index in [1.165, 1.54) is 16.8 Å². The first kappa shape index (κ1) is 19.2. The molecule has 1 fully saturated rings. The smallest absolute Gasteiger partial charge is 0.194 e. The average molecular weight is 420 g/mol. The number of hydrogen-bond acceptors (Lipinski definition) is 6. The van der Waals surface area contributed by atoms with E-state index in [1.807, 2.05) is 12.3 Å². The van der Waals surface area contributed by atoms with Crippen LogP contribution in [0.15, 0.2) is 54.2 Å². The maximum Gasteiger partial charge on any atom is 0.194 e. The van der Waals surface area contributed by atoms with Crippen LogP contribution in [0.1, 0.15) is 16.8 Å².